The maximum Gasteiger partial charge on any atom is 0.243 e. The molecule has 0 spiro atoms. The molecule has 0 radical (unpaired) electrons. The van der Waals surface area contributed by atoms with E-state index in [9.17, 15) is 5.11 Å². The van der Waals surface area contributed by atoms with Crippen molar-refractivity contribution in [2.24, 2.45) is 0 Å². The van der Waals surface area contributed by atoms with Gasteiger partial charge in [-0.05, 0) is 36.8 Å². The fraction of sp³-hybridized carbons (Fsp3) is 0.286. The van der Waals surface area contributed by atoms with Crippen molar-refractivity contribution in [1.82, 2.24) is 4.57 Å². The van der Waals surface area contributed by atoms with Crippen LogP contribution in [-0.4, -0.2) is 21.4 Å². The quantitative estimate of drug-likeness (QED) is 0.195. The van der Waals surface area contributed by atoms with Crippen LogP contribution in [-0.2, 0) is 17.8 Å². The van der Waals surface area contributed by atoms with E-state index in [1.165, 1.54) is 11.3 Å². The molecule has 2 unspecified atom stereocenters. The number of aromatic nitrogens is 2. The number of aliphatic hydroxyl groups is 1. The van der Waals surface area contributed by atoms with E-state index in [0.717, 1.165) is 19.2 Å². The minimum Gasteiger partial charge on any atom is -0.384 e. The average Bonchev–Trinajstić information content (AvgIpc) is 3.36. The van der Waals surface area contributed by atoms with Crippen LogP contribution in [0.4, 0.5) is 0 Å². The number of rotatable bonds is 8. The highest BCUT2D eigenvalue weighted by molar-refractivity contribution is 9.10. The Hall–Kier alpha value is -2.42. The third kappa shape index (κ3) is 8.98. The number of hydrogen-bond donors (Lipinski definition) is 1. The van der Waals surface area contributed by atoms with Crippen molar-refractivity contribution < 1.29 is 19.5 Å². The molecule has 0 bridgehead atoms. The Balaban J connectivity index is 0.000000837. The van der Waals surface area contributed by atoms with Crippen LogP contribution in [0.1, 0.15) is 29.6 Å². The number of nitrogens with zero attached hydrogens (tertiary/aromatic N) is 3. The first-order chi connectivity index (χ1) is 15.3. The summed E-state index contributed by atoms with van der Waals surface area (Å²) < 4.78 is 11.7. The number of imidazole rings is 1. The van der Waals surface area contributed by atoms with Gasteiger partial charge in [0.25, 0.3) is 0 Å². The van der Waals surface area contributed by atoms with Gasteiger partial charge in [-0.15, -0.1) is 17.3 Å². The van der Waals surface area contributed by atoms with E-state index in [1.807, 2.05) is 64.3 Å². The van der Waals surface area contributed by atoms with E-state index in [0.29, 0.717) is 19.7 Å². The van der Waals surface area contributed by atoms with E-state index in [4.69, 9.17) is 31.7 Å². The normalized spacial score (nSPS) is 12.1. The Labute approximate surface area is 202 Å². The van der Waals surface area contributed by atoms with E-state index < -0.39 is 11.2 Å². The molecular weight excluding hydrogens is 522 g/mol. The third-order valence-electron chi connectivity index (χ3n) is 4.21. The minimum absolute atomic E-state index is 0.129. The summed E-state index contributed by atoms with van der Waals surface area (Å²) in [6, 6.07) is 11.6. The van der Waals surface area contributed by atoms with Gasteiger partial charge in [0.15, 0.2) is 0 Å². The van der Waals surface area contributed by atoms with E-state index in [1.54, 1.807) is 6.92 Å². The maximum atomic E-state index is 10.5. The molecule has 32 heavy (non-hydrogen) atoms. The summed E-state index contributed by atoms with van der Waals surface area (Å²) >= 11 is 11.0. The molecule has 1 N–H and O–H groups in total. The molecule has 0 aliphatic heterocycles. The van der Waals surface area contributed by atoms with Gasteiger partial charge in [0.1, 0.15) is 44.3 Å². The van der Waals surface area contributed by atoms with E-state index in [2.05, 4.69) is 27.8 Å². The lowest BCUT2D eigenvalue weighted by Crippen LogP contribution is -2.34. The summed E-state index contributed by atoms with van der Waals surface area (Å²) in [6.45, 7) is 3.29. The van der Waals surface area contributed by atoms with Gasteiger partial charge < -0.3 is 25.2 Å². The average molecular weight is 543 g/mol. The number of thiophene rings is 1. The molecule has 0 saturated heterocycles. The Kier molecular flexibility index (Phi) is 10.7. The predicted octanol–water partition coefficient (Wildman–Crippen LogP) is 4.53. The van der Waals surface area contributed by atoms with Crippen LogP contribution >= 0.6 is 38.9 Å². The van der Waals surface area contributed by atoms with Crippen molar-refractivity contribution in [3.05, 3.63) is 89.7 Å². The largest absolute Gasteiger partial charge is 0.384 e. The number of hydrogen-bond acceptors (Lipinski definition) is 6. The van der Waals surface area contributed by atoms with E-state index in [-0.39, 0.29) is 6.10 Å². The van der Waals surface area contributed by atoms with Crippen LogP contribution in [0, 0.1) is 27.2 Å². The number of ether oxygens (including phenoxy) is 1. The van der Waals surface area contributed by atoms with Crippen LogP contribution < -0.4 is 4.57 Å². The lowest BCUT2D eigenvalue weighted by Gasteiger charge is -2.13. The summed E-state index contributed by atoms with van der Waals surface area (Å²) in [6.07, 6.45) is 5.20. The molecule has 3 rings (SSSR count). The first kappa shape index (κ1) is 25.8. The van der Waals surface area contributed by atoms with Crippen molar-refractivity contribution in [2.75, 3.05) is 6.61 Å². The molecule has 0 saturated carbocycles. The molecule has 0 amide bonds. The third-order valence-corrected chi connectivity index (χ3v) is 6.06. The summed E-state index contributed by atoms with van der Waals surface area (Å²) in [5, 5.41) is 25.2. The van der Waals surface area contributed by atoms with Gasteiger partial charge in [0, 0.05) is 9.35 Å². The summed E-state index contributed by atoms with van der Waals surface area (Å²) in [7, 11) is 0. The second kappa shape index (κ2) is 13.2. The fourth-order valence-corrected chi connectivity index (χ4v) is 4.14. The zero-order valence-corrected chi connectivity index (χ0v) is 20.2. The van der Waals surface area contributed by atoms with Crippen molar-refractivity contribution >= 4 is 38.9 Å². The van der Waals surface area contributed by atoms with Crippen LogP contribution in [0.2, 0.25) is 4.34 Å². The van der Waals surface area contributed by atoms with Gasteiger partial charge in [-0.1, -0.05) is 45.6 Å². The Morgan fingerprint density at radius 1 is 1.31 bits per heavy atom. The number of benzene rings is 1. The fourth-order valence-electron chi connectivity index (χ4n) is 2.78. The Bertz CT molecular complexity index is 1060. The molecule has 2 heterocycles. The van der Waals surface area contributed by atoms with Crippen LogP contribution in [0.3, 0.4) is 0 Å². The van der Waals surface area contributed by atoms with Crippen molar-refractivity contribution in [1.29, 1.82) is 0 Å². The Morgan fingerprint density at radius 3 is 2.59 bits per heavy atom. The molecule has 0 aliphatic carbocycles. The SMILES string of the molecule is CC#CCOC(Cn1cc[n+](CC(O)c2ccc(Br)cc2)c1)c1ccc(Cl)s1.O=[N+]([O-])[O-]. The van der Waals surface area contributed by atoms with Crippen molar-refractivity contribution in [3.63, 3.8) is 0 Å². The molecule has 2 atom stereocenters. The maximum absolute atomic E-state index is 10.5. The molecule has 0 fully saturated rings. The lowest BCUT2D eigenvalue weighted by molar-refractivity contribution is -0.704. The predicted molar refractivity (Wildman–Crippen MR) is 126 cm³/mol. The summed E-state index contributed by atoms with van der Waals surface area (Å²) in [5.74, 6) is 5.79. The number of halogens is 2. The van der Waals surface area contributed by atoms with Gasteiger partial charge >= 0.3 is 0 Å². The minimum atomic E-state index is -1.75. The van der Waals surface area contributed by atoms with Gasteiger partial charge in [0.2, 0.25) is 6.33 Å². The highest BCUT2D eigenvalue weighted by Crippen LogP contribution is 2.30. The first-order valence-corrected chi connectivity index (χ1v) is 11.3. The number of aliphatic hydroxyl groups excluding tert-OH is 1. The van der Waals surface area contributed by atoms with Gasteiger partial charge in [-0.25, -0.2) is 9.13 Å². The molecular formula is C21H21BrClN3O5S. The van der Waals surface area contributed by atoms with Gasteiger partial charge in [0.05, 0.1) is 9.42 Å². The second-order valence-electron chi connectivity index (χ2n) is 6.47. The van der Waals surface area contributed by atoms with Gasteiger partial charge in [-0.3, -0.25) is 0 Å². The molecule has 0 aliphatic rings. The molecule has 3 aromatic rings. The van der Waals surface area contributed by atoms with Crippen LogP contribution in [0.15, 0.2) is 59.6 Å². The highest BCUT2D eigenvalue weighted by atomic mass is 79.9. The van der Waals surface area contributed by atoms with E-state index >= 15 is 0 Å². The first-order valence-electron chi connectivity index (χ1n) is 9.34. The second-order valence-corrected chi connectivity index (χ2v) is 9.13. The summed E-state index contributed by atoms with van der Waals surface area (Å²) in [4.78, 5) is 9.32. The van der Waals surface area contributed by atoms with Crippen molar-refractivity contribution in [3.8, 4) is 11.8 Å². The van der Waals surface area contributed by atoms with Crippen LogP contribution in [0.5, 0.6) is 0 Å². The monoisotopic (exact) mass is 541 g/mol. The highest BCUT2D eigenvalue weighted by Gasteiger charge is 2.19. The standard InChI is InChI=1S/C21H21BrClN2O2S.NO3/c1-2-3-12-27-19(20-8-9-21(23)28-20)14-25-11-10-24(15-25)13-18(26)16-4-6-17(22)7-5-16;2-1(3)4/h4-11,15,18-19,26H,12-14H2,1H3;/q+1;-1. The Morgan fingerprint density at radius 2 is 2.00 bits per heavy atom. The smallest absolute Gasteiger partial charge is 0.243 e. The van der Waals surface area contributed by atoms with Gasteiger partial charge in [-0.2, -0.15) is 0 Å². The lowest BCUT2D eigenvalue weighted by atomic mass is 10.1. The van der Waals surface area contributed by atoms with Crippen LogP contribution in [0.25, 0.3) is 0 Å². The zero-order chi connectivity index (χ0) is 23.5. The summed E-state index contributed by atoms with van der Waals surface area (Å²) in [5.41, 5.74) is 0.885. The molecule has 8 nitrogen and oxygen atoms in total. The zero-order valence-electron chi connectivity index (χ0n) is 17.1. The van der Waals surface area contributed by atoms with Crippen molar-refractivity contribution in [2.45, 2.75) is 32.2 Å². The molecule has 1 aromatic carbocycles. The molecule has 11 heteroatoms. The molecule has 2 aromatic heterocycles. The topological polar surface area (TPSA) is 104 Å². The molecule has 170 valence electrons.